The summed E-state index contributed by atoms with van der Waals surface area (Å²) in [5.74, 6) is 0.989. The van der Waals surface area contributed by atoms with Gasteiger partial charge in [0.2, 0.25) is 0 Å². The van der Waals surface area contributed by atoms with Crippen LogP contribution in [-0.2, 0) is 13.0 Å². The molecule has 0 heterocycles. The lowest BCUT2D eigenvalue weighted by atomic mass is 10.1. The molecule has 0 aliphatic rings. The maximum absolute atomic E-state index is 6.02. The number of hydrogen-bond acceptors (Lipinski definition) is 1. The van der Waals surface area contributed by atoms with Gasteiger partial charge in [-0.2, -0.15) is 0 Å². The van der Waals surface area contributed by atoms with Crippen molar-refractivity contribution in [2.45, 2.75) is 20.0 Å². The van der Waals surface area contributed by atoms with Gasteiger partial charge < -0.3 is 4.74 Å². The van der Waals surface area contributed by atoms with Gasteiger partial charge in [0.05, 0.1) is 0 Å². The van der Waals surface area contributed by atoms with E-state index < -0.39 is 0 Å². The number of rotatable bonds is 4. The van der Waals surface area contributed by atoms with E-state index in [4.69, 9.17) is 4.74 Å². The average molecular weight is 262 g/mol. The molecule has 1 heteroatoms. The Morgan fingerprint density at radius 1 is 0.750 bits per heavy atom. The molecule has 100 valence electrons. The van der Waals surface area contributed by atoms with E-state index in [1.807, 2.05) is 12.1 Å². The SMILES string of the molecule is CCc1ccccc1OCc1cccc2ccccc12. The monoisotopic (exact) mass is 262 g/mol. The standard InChI is InChI=1S/C19H18O/c1-2-15-8-4-6-13-19(15)20-14-17-11-7-10-16-9-3-5-12-18(16)17/h3-13H,2,14H2,1H3. The Kier molecular flexibility index (Phi) is 3.69. The molecule has 0 aliphatic carbocycles. The highest BCUT2D eigenvalue weighted by Gasteiger charge is 2.04. The number of aryl methyl sites for hydroxylation is 1. The fraction of sp³-hybridized carbons (Fsp3) is 0.158. The zero-order valence-corrected chi connectivity index (χ0v) is 11.7. The first kappa shape index (κ1) is 12.7. The van der Waals surface area contributed by atoms with Crippen LogP contribution in [0.25, 0.3) is 10.8 Å². The molecule has 0 saturated heterocycles. The average Bonchev–Trinajstić information content (AvgIpc) is 2.53. The Balaban J connectivity index is 1.87. The predicted molar refractivity (Wildman–Crippen MR) is 84.1 cm³/mol. The van der Waals surface area contributed by atoms with Gasteiger partial charge in [-0.25, -0.2) is 0 Å². The third-order valence-electron chi connectivity index (χ3n) is 3.62. The van der Waals surface area contributed by atoms with Gasteiger partial charge in [0.1, 0.15) is 12.4 Å². The summed E-state index contributed by atoms with van der Waals surface area (Å²) in [6, 6.07) is 23.1. The number of para-hydroxylation sites is 1. The molecule has 0 fully saturated rings. The minimum Gasteiger partial charge on any atom is -0.489 e. The number of fused-ring (bicyclic) bond motifs is 1. The molecule has 3 rings (SSSR count). The van der Waals surface area contributed by atoms with Gasteiger partial charge in [-0.15, -0.1) is 0 Å². The second-order valence-electron chi connectivity index (χ2n) is 4.89. The van der Waals surface area contributed by atoms with Crippen LogP contribution in [0.4, 0.5) is 0 Å². The van der Waals surface area contributed by atoms with Crippen molar-refractivity contribution in [1.29, 1.82) is 0 Å². The number of ether oxygens (including phenoxy) is 1. The lowest BCUT2D eigenvalue weighted by Gasteiger charge is -2.12. The molecule has 0 atom stereocenters. The molecule has 0 amide bonds. The Morgan fingerprint density at radius 3 is 2.35 bits per heavy atom. The lowest BCUT2D eigenvalue weighted by molar-refractivity contribution is 0.304. The van der Waals surface area contributed by atoms with Crippen LogP contribution in [0.15, 0.2) is 66.7 Å². The molecular weight excluding hydrogens is 244 g/mol. The van der Waals surface area contributed by atoms with E-state index in [1.165, 1.54) is 21.9 Å². The van der Waals surface area contributed by atoms with E-state index >= 15 is 0 Å². The molecule has 3 aromatic rings. The van der Waals surface area contributed by atoms with E-state index in [9.17, 15) is 0 Å². The molecule has 0 radical (unpaired) electrons. The molecule has 0 saturated carbocycles. The van der Waals surface area contributed by atoms with Crippen molar-refractivity contribution in [3.8, 4) is 5.75 Å². The van der Waals surface area contributed by atoms with Crippen molar-refractivity contribution >= 4 is 10.8 Å². The second-order valence-corrected chi connectivity index (χ2v) is 4.89. The Hall–Kier alpha value is -2.28. The lowest BCUT2D eigenvalue weighted by Crippen LogP contribution is -1.98. The van der Waals surface area contributed by atoms with Gasteiger partial charge >= 0.3 is 0 Å². The van der Waals surface area contributed by atoms with Crippen LogP contribution in [0, 0.1) is 0 Å². The van der Waals surface area contributed by atoms with Crippen LogP contribution in [0.2, 0.25) is 0 Å². The highest BCUT2D eigenvalue weighted by atomic mass is 16.5. The molecule has 3 aromatic carbocycles. The van der Waals surface area contributed by atoms with E-state index in [0.717, 1.165) is 12.2 Å². The van der Waals surface area contributed by atoms with Crippen molar-refractivity contribution < 1.29 is 4.74 Å². The maximum atomic E-state index is 6.02. The molecule has 0 aromatic heterocycles. The minimum absolute atomic E-state index is 0.609. The normalized spacial score (nSPS) is 10.7. The van der Waals surface area contributed by atoms with Crippen molar-refractivity contribution in [2.75, 3.05) is 0 Å². The highest BCUT2D eigenvalue weighted by Crippen LogP contribution is 2.23. The molecule has 20 heavy (non-hydrogen) atoms. The first-order valence-corrected chi connectivity index (χ1v) is 7.06. The smallest absolute Gasteiger partial charge is 0.122 e. The summed E-state index contributed by atoms with van der Waals surface area (Å²) in [6.07, 6.45) is 0.992. The fourth-order valence-electron chi connectivity index (χ4n) is 2.51. The largest absolute Gasteiger partial charge is 0.489 e. The summed E-state index contributed by atoms with van der Waals surface area (Å²) in [5.41, 5.74) is 2.49. The maximum Gasteiger partial charge on any atom is 0.122 e. The zero-order valence-electron chi connectivity index (χ0n) is 11.7. The van der Waals surface area contributed by atoms with Gasteiger partial charge in [-0.3, -0.25) is 0 Å². The Bertz CT molecular complexity index is 710. The van der Waals surface area contributed by atoms with E-state index in [2.05, 4.69) is 61.5 Å². The van der Waals surface area contributed by atoms with Gasteiger partial charge in [0, 0.05) is 0 Å². The van der Waals surface area contributed by atoms with Crippen LogP contribution < -0.4 is 4.74 Å². The van der Waals surface area contributed by atoms with E-state index in [-0.39, 0.29) is 0 Å². The first-order chi connectivity index (χ1) is 9.88. The van der Waals surface area contributed by atoms with Gasteiger partial charge in [-0.05, 0) is 34.4 Å². The minimum atomic E-state index is 0.609. The summed E-state index contributed by atoms with van der Waals surface area (Å²) in [6.45, 7) is 2.76. The quantitative estimate of drug-likeness (QED) is 0.644. The molecule has 0 unspecified atom stereocenters. The third kappa shape index (κ3) is 2.53. The van der Waals surface area contributed by atoms with Crippen LogP contribution >= 0.6 is 0 Å². The van der Waals surface area contributed by atoms with E-state index in [1.54, 1.807) is 0 Å². The fourth-order valence-corrected chi connectivity index (χ4v) is 2.51. The summed E-state index contributed by atoms with van der Waals surface area (Å²) in [5, 5.41) is 2.53. The van der Waals surface area contributed by atoms with Crippen molar-refractivity contribution in [3.05, 3.63) is 77.9 Å². The molecule has 0 spiro atoms. The first-order valence-electron chi connectivity index (χ1n) is 7.06. The molecular formula is C19H18O. The molecule has 0 N–H and O–H groups in total. The topological polar surface area (TPSA) is 9.23 Å². The summed E-state index contributed by atoms with van der Waals surface area (Å²) < 4.78 is 6.02. The Morgan fingerprint density at radius 2 is 1.45 bits per heavy atom. The molecule has 0 aliphatic heterocycles. The van der Waals surface area contributed by atoms with Crippen LogP contribution in [-0.4, -0.2) is 0 Å². The highest BCUT2D eigenvalue weighted by molar-refractivity contribution is 5.85. The van der Waals surface area contributed by atoms with Crippen LogP contribution in [0.5, 0.6) is 5.75 Å². The number of hydrogen-bond donors (Lipinski definition) is 0. The summed E-state index contributed by atoms with van der Waals surface area (Å²) >= 11 is 0. The van der Waals surface area contributed by atoms with E-state index in [0.29, 0.717) is 6.61 Å². The predicted octanol–water partition coefficient (Wildman–Crippen LogP) is 4.98. The molecule has 1 nitrogen and oxygen atoms in total. The van der Waals surface area contributed by atoms with Crippen molar-refractivity contribution in [2.24, 2.45) is 0 Å². The Labute approximate surface area is 119 Å². The zero-order chi connectivity index (χ0) is 13.8. The van der Waals surface area contributed by atoms with Crippen molar-refractivity contribution in [3.63, 3.8) is 0 Å². The summed E-state index contributed by atoms with van der Waals surface area (Å²) in [4.78, 5) is 0. The van der Waals surface area contributed by atoms with Gasteiger partial charge in [0.25, 0.3) is 0 Å². The third-order valence-corrected chi connectivity index (χ3v) is 3.62. The van der Waals surface area contributed by atoms with Crippen LogP contribution in [0.1, 0.15) is 18.1 Å². The van der Waals surface area contributed by atoms with Crippen molar-refractivity contribution in [1.82, 2.24) is 0 Å². The van der Waals surface area contributed by atoms with Gasteiger partial charge in [0.15, 0.2) is 0 Å². The summed E-state index contributed by atoms with van der Waals surface area (Å²) in [7, 11) is 0. The number of benzene rings is 3. The second kappa shape index (κ2) is 5.79. The van der Waals surface area contributed by atoms with Crippen LogP contribution in [0.3, 0.4) is 0 Å². The van der Waals surface area contributed by atoms with Gasteiger partial charge in [-0.1, -0.05) is 67.6 Å². The molecule has 0 bridgehead atoms.